The second kappa shape index (κ2) is 6.96. The molecule has 0 fully saturated rings. The molecule has 20 heavy (non-hydrogen) atoms. The van der Waals surface area contributed by atoms with E-state index in [0.29, 0.717) is 0 Å². The third-order valence-corrected chi connectivity index (χ3v) is 4.81. The van der Waals surface area contributed by atoms with Crippen LogP contribution in [0.3, 0.4) is 0 Å². The van der Waals surface area contributed by atoms with E-state index in [1.165, 1.54) is 5.56 Å². The summed E-state index contributed by atoms with van der Waals surface area (Å²) in [6.45, 7) is 13.0. The number of hydrogen-bond donors (Lipinski definition) is 2. The maximum absolute atomic E-state index is 9.37. The SMILES string of the molecule is CSC(CO)C(C)NC(C)c1cn(C(C)(C)C)nc1C. The molecular formula is C15H29N3OS. The zero-order valence-electron chi connectivity index (χ0n) is 13.8. The van der Waals surface area contributed by atoms with Gasteiger partial charge in [0.25, 0.3) is 0 Å². The van der Waals surface area contributed by atoms with Crippen LogP contribution in [0, 0.1) is 6.92 Å². The Balaban J connectivity index is 2.82. The molecule has 1 heterocycles. The first-order chi connectivity index (χ1) is 9.20. The van der Waals surface area contributed by atoms with Crippen molar-refractivity contribution in [2.75, 3.05) is 12.9 Å². The Hall–Kier alpha value is -0.520. The standard InChI is InChI=1S/C15H29N3OS/c1-10(16-12(3)14(9-19)20-7)13-8-18(15(4,5)6)17-11(13)2/h8,10,12,14,16,19H,9H2,1-7H3. The average molecular weight is 299 g/mol. The van der Waals surface area contributed by atoms with Crippen LogP contribution in [-0.4, -0.2) is 39.0 Å². The lowest BCUT2D eigenvalue weighted by Gasteiger charge is -2.25. The van der Waals surface area contributed by atoms with E-state index in [2.05, 4.69) is 58.2 Å². The number of aliphatic hydroxyl groups excluding tert-OH is 1. The predicted octanol–water partition coefficient (Wildman–Crippen LogP) is 2.71. The molecule has 0 spiro atoms. The van der Waals surface area contributed by atoms with Gasteiger partial charge in [0.05, 0.1) is 17.8 Å². The third kappa shape index (κ3) is 4.24. The van der Waals surface area contributed by atoms with Gasteiger partial charge < -0.3 is 10.4 Å². The van der Waals surface area contributed by atoms with Gasteiger partial charge in [-0.2, -0.15) is 16.9 Å². The van der Waals surface area contributed by atoms with E-state index in [4.69, 9.17) is 0 Å². The van der Waals surface area contributed by atoms with E-state index in [-0.39, 0.29) is 29.5 Å². The van der Waals surface area contributed by atoms with Crippen molar-refractivity contribution in [1.82, 2.24) is 15.1 Å². The van der Waals surface area contributed by atoms with Crippen LogP contribution in [0.4, 0.5) is 0 Å². The Morgan fingerprint density at radius 3 is 2.40 bits per heavy atom. The highest BCUT2D eigenvalue weighted by Crippen LogP contribution is 2.22. The summed E-state index contributed by atoms with van der Waals surface area (Å²) < 4.78 is 2.03. The number of aromatic nitrogens is 2. The van der Waals surface area contributed by atoms with Gasteiger partial charge in [-0.1, -0.05) is 0 Å². The molecule has 0 radical (unpaired) electrons. The first-order valence-corrected chi connectivity index (χ1v) is 8.45. The van der Waals surface area contributed by atoms with Crippen LogP contribution in [-0.2, 0) is 5.54 Å². The number of nitrogens with zero attached hydrogens (tertiary/aromatic N) is 2. The van der Waals surface area contributed by atoms with Crippen molar-refractivity contribution < 1.29 is 5.11 Å². The van der Waals surface area contributed by atoms with Crippen LogP contribution in [0.15, 0.2) is 6.20 Å². The minimum atomic E-state index is 0.00124. The van der Waals surface area contributed by atoms with Crippen molar-refractivity contribution in [2.24, 2.45) is 0 Å². The van der Waals surface area contributed by atoms with Gasteiger partial charge >= 0.3 is 0 Å². The smallest absolute Gasteiger partial charge is 0.0641 e. The van der Waals surface area contributed by atoms with Gasteiger partial charge in [-0.25, -0.2) is 0 Å². The summed E-state index contributed by atoms with van der Waals surface area (Å²) in [6.07, 6.45) is 4.17. The lowest BCUT2D eigenvalue weighted by Crippen LogP contribution is -2.39. The normalized spacial score (nSPS) is 17.0. The van der Waals surface area contributed by atoms with Crippen LogP contribution >= 0.6 is 11.8 Å². The summed E-state index contributed by atoms with van der Waals surface area (Å²) in [5, 5.41) is 17.8. The monoisotopic (exact) mass is 299 g/mol. The topological polar surface area (TPSA) is 50.1 Å². The summed E-state index contributed by atoms with van der Waals surface area (Å²) >= 11 is 1.70. The van der Waals surface area contributed by atoms with Crippen molar-refractivity contribution in [3.8, 4) is 0 Å². The molecule has 4 nitrogen and oxygen atoms in total. The van der Waals surface area contributed by atoms with Gasteiger partial charge in [-0.15, -0.1) is 0 Å². The second-order valence-electron chi connectivity index (χ2n) is 6.42. The Labute approximate surface area is 127 Å². The Kier molecular flexibility index (Phi) is 6.10. The maximum Gasteiger partial charge on any atom is 0.0641 e. The van der Waals surface area contributed by atoms with E-state index in [0.717, 1.165) is 5.69 Å². The second-order valence-corrected chi connectivity index (χ2v) is 7.50. The van der Waals surface area contributed by atoms with Crippen molar-refractivity contribution in [3.05, 3.63) is 17.5 Å². The zero-order valence-corrected chi connectivity index (χ0v) is 14.6. The fraction of sp³-hybridized carbons (Fsp3) is 0.800. The average Bonchev–Trinajstić information content (AvgIpc) is 2.72. The molecule has 0 aliphatic rings. The molecule has 3 unspecified atom stereocenters. The van der Waals surface area contributed by atoms with Gasteiger partial charge in [0.15, 0.2) is 0 Å². The minimum Gasteiger partial charge on any atom is -0.395 e. The van der Waals surface area contributed by atoms with E-state index >= 15 is 0 Å². The fourth-order valence-corrected chi connectivity index (χ4v) is 2.91. The summed E-state index contributed by atoms with van der Waals surface area (Å²) in [5.41, 5.74) is 2.29. The molecule has 0 saturated heterocycles. The molecule has 0 aromatic carbocycles. The first kappa shape index (κ1) is 17.5. The lowest BCUT2D eigenvalue weighted by molar-refractivity contribution is 0.271. The fourth-order valence-electron chi connectivity index (χ4n) is 2.27. The van der Waals surface area contributed by atoms with E-state index in [1.54, 1.807) is 11.8 Å². The van der Waals surface area contributed by atoms with E-state index in [1.807, 2.05) is 10.9 Å². The quantitative estimate of drug-likeness (QED) is 0.848. The van der Waals surface area contributed by atoms with Crippen molar-refractivity contribution in [3.63, 3.8) is 0 Å². The Bertz CT molecular complexity index is 421. The van der Waals surface area contributed by atoms with Crippen LogP contribution < -0.4 is 5.32 Å². The molecule has 0 aliphatic carbocycles. The summed E-state index contributed by atoms with van der Waals surface area (Å²) in [5.74, 6) is 0. The highest BCUT2D eigenvalue weighted by molar-refractivity contribution is 7.99. The van der Waals surface area contributed by atoms with Crippen LogP contribution in [0.5, 0.6) is 0 Å². The van der Waals surface area contributed by atoms with Crippen molar-refractivity contribution >= 4 is 11.8 Å². The number of rotatable bonds is 6. The lowest BCUT2D eigenvalue weighted by atomic mass is 10.1. The van der Waals surface area contributed by atoms with Gasteiger partial charge in [-0.05, 0) is 47.8 Å². The Morgan fingerprint density at radius 1 is 1.40 bits per heavy atom. The number of nitrogens with one attached hydrogen (secondary N) is 1. The highest BCUT2D eigenvalue weighted by Gasteiger charge is 2.22. The number of thioether (sulfide) groups is 1. The molecule has 5 heteroatoms. The van der Waals surface area contributed by atoms with E-state index < -0.39 is 0 Å². The van der Waals surface area contributed by atoms with Gasteiger partial charge in [0.2, 0.25) is 0 Å². The highest BCUT2D eigenvalue weighted by atomic mass is 32.2. The maximum atomic E-state index is 9.37. The molecule has 1 rings (SSSR count). The van der Waals surface area contributed by atoms with Crippen molar-refractivity contribution in [1.29, 1.82) is 0 Å². The molecule has 0 aliphatic heterocycles. The van der Waals surface area contributed by atoms with Crippen LogP contribution in [0.25, 0.3) is 0 Å². The molecule has 3 atom stereocenters. The molecule has 2 N–H and O–H groups in total. The number of hydrogen-bond acceptors (Lipinski definition) is 4. The molecule has 116 valence electrons. The van der Waals surface area contributed by atoms with Crippen molar-refractivity contribution in [2.45, 2.75) is 64.4 Å². The molecule has 1 aromatic heterocycles. The third-order valence-electron chi connectivity index (χ3n) is 3.64. The Morgan fingerprint density at radius 2 is 2.00 bits per heavy atom. The van der Waals surface area contributed by atoms with E-state index in [9.17, 15) is 5.11 Å². The largest absolute Gasteiger partial charge is 0.395 e. The summed E-state index contributed by atoms with van der Waals surface area (Å²) in [7, 11) is 0. The summed E-state index contributed by atoms with van der Waals surface area (Å²) in [6, 6.07) is 0.477. The number of aryl methyl sites for hydroxylation is 1. The predicted molar refractivity (Wildman–Crippen MR) is 87.4 cm³/mol. The van der Waals surface area contributed by atoms with Crippen LogP contribution in [0.1, 0.15) is 51.9 Å². The minimum absolute atomic E-state index is 0.00124. The first-order valence-electron chi connectivity index (χ1n) is 7.17. The molecule has 0 saturated carbocycles. The molecule has 0 amide bonds. The zero-order chi connectivity index (χ0) is 15.5. The van der Waals surface area contributed by atoms with Crippen LogP contribution in [0.2, 0.25) is 0 Å². The molecule has 1 aromatic rings. The van der Waals surface area contributed by atoms with Gasteiger partial charge in [0.1, 0.15) is 0 Å². The number of aliphatic hydroxyl groups is 1. The molecular weight excluding hydrogens is 270 g/mol. The summed E-state index contributed by atoms with van der Waals surface area (Å²) in [4.78, 5) is 0. The van der Waals surface area contributed by atoms with Gasteiger partial charge in [-0.3, -0.25) is 4.68 Å². The van der Waals surface area contributed by atoms with Gasteiger partial charge in [0, 0.05) is 29.1 Å². The molecule has 0 bridgehead atoms.